The van der Waals surface area contributed by atoms with E-state index < -0.39 is 0 Å². The molecule has 0 heterocycles. The van der Waals surface area contributed by atoms with Gasteiger partial charge in [-0.15, -0.1) is 0 Å². The van der Waals surface area contributed by atoms with Gasteiger partial charge in [0.05, 0.1) is 12.3 Å². The molecule has 0 saturated heterocycles. The maximum Gasteiger partial charge on any atom is 0.145 e. The van der Waals surface area contributed by atoms with E-state index in [9.17, 15) is 0 Å². The van der Waals surface area contributed by atoms with E-state index in [4.69, 9.17) is 22.1 Å². The zero-order chi connectivity index (χ0) is 10.7. The molecule has 78 valence electrons. The Hall–Kier alpha value is -0.890. The molecule has 1 aromatic carbocycles. The van der Waals surface area contributed by atoms with E-state index in [1.807, 2.05) is 19.9 Å². The van der Waals surface area contributed by atoms with Crippen molar-refractivity contribution in [3.05, 3.63) is 22.2 Å². The molecule has 1 aromatic rings. The van der Waals surface area contributed by atoms with E-state index in [0.29, 0.717) is 17.3 Å². The van der Waals surface area contributed by atoms with Crippen LogP contribution in [0, 0.1) is 13.8 Å². The molecule has 0 atom stereocenters. The van der Waals surface area contributed by atoms with Crippen LogP contribution in [0.1, 0.15) is 24.5 Å². The monoisotopic (exact) mass is 213 g/mol. The molecule has 0 bridgehead atoms. The van der Waals surface area contributed by atoms with E-state index in [2.05, 4.69) is 6.92 Å². The Bertz CT molecular complexity index is 337. The normalized spacial score (nSPS) is 10.3. The fraction of sp³-hybridized carbons (Fsp3) is 0.455. The molecular weight excluding hydrogens is 198 g/mol. The molecule has 0 aliphatic heterocycles. The summed E-state index contributed by atoms with van der Waals surface area (Å²) >= 11 is 5.99. The van der Waals surface area contributed by atoms with Crippen molar-refractivity contribution >= 4 is 17.3 Å². The molecule has 0 radical (unpaired) electrons. The largest absolute Gasteiger partial charge is 0.491 e. The van der Waals surface area contributed by atoms with Crippen LogP contribution in [0.4, 0.5) is 5.69 Å². The van der Waals surface area contributed by atoms with Crippen LogP contribution < -0.4 is 10.5 Å². The number of ether oxygens (including phenoxy) is 1. The summed E-state index contributed by atoms with van der Waals surface area (Å²) in [6, 6.07) is 1.89. The summed E-state index contributed by atoms with van der Waals surface area (Å²) in [6.07, 6.45) is 0.973. The topological polar surface area (TPSA) is 35.2 Å². The van der Waals surface area contributed by atoms with Crippen LogP contribution in [0.2, 0.25) is 5.02 Å². The van der Waals surface area contributed by atoms with Gasteiger partial charge in [-0.1, -0.05) is 18.5 Å². The lowest BCUT2D eigenvalue weighted by atomic mass is 10.1. The molecule has 0 amide bonds. The molecule has 1 rings (SSSR count). The van der Waals surface area contributed by atoms with Crippen LogP contribution in [0.25, 0.3) is 0 Å². The minimum absolute atomic E-state index is 0.656. The lowest BCUT2D eigenvalue weighted by Crippen LogP contribution is -2.03. The second kappa shape index (κ2) is 4.56. The summed E-state index contributed by atoms with van der Waals surface area (Å²) in [7, 11) is 0. The number of anilines is 1. The molecule has 2 nitrogen and oxygen atoms in total. The zero-order valence-electron chi connectivity index (χ0n) is 8.86. The van der Waals surface area contributed by atoms with Crippen LogP contribution in [0.15, 0.2) is 6.07 Å². The maximum absolute atomic E-state index is 5.99. The quantitative estimate of drug-likeness (QED) is 0.782. The van der Waals surface area contributed by atoms with Gasteiger partial charge in [0.2, 0.25) is 0 Å². The first-order valence-corrected chi connectivity index (χ1v) is 5.13. The fourth-order valence-electron chi connectivity index (χ4n) is 1.27. The lowest BCUT2D eigenvalue weighted by Gasteiger charge is -2.14. The van der Waals surface area contributed by atoms with Crippen molar-refractivity contribution in [1.29, 1.82) is 0 Å². The van der Waals surface area contributed by atoms with E-state index in [1.165, 1.54) is 0 Å². The van der Waals surface area contributed by atoms with Crippen molar-refractivity contribution in [3.63, 3.8) is 0 Å². The summed E-state index contributed by atoms with van der Waals surface area (Å²) < 4.78 is 5.57. The van der Waals surface area contributed by atoms with Crippen molar-refractivity contribution in [1.82, 2.24) is 0 Å². The van der Waals surface area contributed by atoms with E-state index in [0.717, 1.165) is 23.3 Å². The van der Waals surface area contributed by atoms with Gasteiger partial charge < -0.3 is 10.5 Å². The molecule has 0 aliphatic carbocycles. The second-order valence-corrected chi connectivity index (χ2v) is 3.80. The van der Waals surface area contributed by atoms with Gasteiger partial charge in [0.15, 0.2) is 0 Å². The van der Waals surface area contributed by atoms with Crippen molar-refractivity contribution in [2.75, 3.05) is 12.3 Å². The molecule has 14 heavy (non-hydrogen) atoms. The SMILES string of the molecule is CCCOc1c(C)cc(Cl)c(C)c1N. The number of hydrogen-bond donors (Lipinski definition) is 1. The summed E-state index contributed by atoms with van der Waals surface area (Å²) in [4.78, 5) is 0. The highest BCUT2D eigenvalue weighted by molar-refractivity contribution is 6.31. The highest BCUT2D eigenvalue weighted by Gasteiger charge is 2.10. The Labute approximate surface area is 90.0 Å². The fourth-order valence-corrected chi connectivity index (χ4v) is 1.54. The predicted molar refractivity (Wildman–Crippen MR) is 61.1 cm³/mol. The smallest absolute Gasteiger partial charge is 0.145 e. The van der Waals surface area contributed by atoms with E-state index in [-0.39, 0.29) is 0 Å². The van der Waals surface area contributed by atoms with Crippen LogP contribution in [0.3, 0.4) is 0 Å². The number of hydrogen-bond acceptors (Lipinski definition) is 2. The number of nitrogens with two attached hydrogens (primary N) is 1. The summed E-state index contributed by atoms with van der Waals surface area (Å²) in [5.41, 5.74) is 8.46. The van der Waals surface area contributed by atoms with E-state index >= 15 is 0 Å². The van der Waals surface area contributed by atoms with Gasteiger partial charge in [-0.05, 0) is 37.5 Å². The molecule has 0 fully saturated rings. The molecule has 0 aliphatic rings. The third kappa shape index (κ3) is 2.13. The first kappa shape index (κ1) is 11.2. The maximum atomic E-state index is 5.99. The van der Waals surface area contributed by atoms with Crippen LogP contribution in [-0.4, -0.2) is 6.61 Å². The van der Waals surface area contributed by atoms with Crippen molar-refractivity contribution < 1.29 is 4.74 Å². The van der Waals surface area contributed by atoms with Crippen molar-refractivity contribution in [2.24, 2.45) is 0 Å². The van der Waals surface area contributed by atoms with Crippen LogP contribution >= 0.6 is 11.6 Å². The highest BCUT2D eigenvalue weighted by Crippen LogP contribution is 2.34. The number of benzene rings is 1. The molecule has 2 N–H and O–H groups in total. The van der Waals surface area contributed by atoms with Gasteiger partial charge in [-0.2, -0.15) is 0 Å². The van der Waals surface area contributed by atoms with Gasteiger partial charge in [0.25, 0.3) is 0 Å². The third-order valence-electron chi connectivity index (χ3n) is 2.16. The second-order valence-electron chi connectivity index (χ2n) is 3.39. The number of nitrogen functional groups attached to an aromatic ring is 1. The van der Waals surface area contributed by atoms with Crippen molar-refractivity contribution in [3.8, 4) is 5.75 Å². The highest BCUT2D eigenvalue weighted by atomic mass is 35.5. The Kier molecular flexibility index (Phi) is 3.64. The van der Waals surface area contributed by atoms with E-state index in [1.54, 1.807) is 0 Å². The van der Waals surface area contributed by atoms with Gasteiger partial charge in [0.1, 0.15) is 5.75 Å². The van der Waals surface area contributed by atoms with Gasteiger partial charge in [-0.3, -0.25) is 0 Å². The molecule has 0 aromatic heterocycles. The summed E-state index contributed by atoms with van der Waals surface area (Å²) in [5, 5.41) is 0.698. The lowest BCUT2D eigenvalue weighted by molar-refractivity contribution is 0.317. The number of halogens is 1. The van der Waals surface area contributed by atoms with Gasteiger partial charge >= 0.3 is 0 Å². The Morgan fingerprint density at radius 1 is 1.43 bits per heavy atom. The summed E-state index contributed by atoms with van der Waals surface area (Å²) in [6.45, 7) is 6.60. The molecular formula is C11H16ClNO. The molecule has 0 saturated carbocycles. The van der Waals surface area contributed by atoms with Gasteiger partial charge in [-0.25, -0.2) is 0 Å². The minimum Gasteiger partial charge on any atom is -0.491 e. The van der Waals surface area contributed by atoms with Crippen molar-refractivity contribution in [2.45, 2.75) is 27.2 Å². The average Bonchev–Trinajstić information content (AvgIpc) is 2.14. The summed E-state index contributed by atoms with van der Waals surface area (Å²) in [5.74, 6) is 0.772. The minimum atomic E-state index is 0.656. The average molecular weight is 214 g/mol. The Balaban J connectivity index is 3.09. The van der Waals surface area contributed by atoms with Crippen LogP contribution in [0.5, 0.6) is 5.75 Å². The Morgan fingerprint density at radius 3 is 2.64 bits per heavy atom. The van der Waals surface area contributed by atoms with Crippen LogP contribution in [-0.2, 0) is 0 Å². The predicted octanol–water partition coefficient (Wildman–Crippen LogP) is 3.33. The third-order valence-corrected chi connectivity index (χ3v) is 2.55. The molecule has 3 heteroatoms. The standard InChI is InChI=1S/C11H16ClNO/c1-4-5-14-11-7(2)6-9(12)8(3)10(11)13/h6H,4-5,13H2,1-3H3. The van der Waals surface area contributed by atoms with Gasteiger partial charge in [0, 0.05) is 5.02 Å². The first-order chi connectivity index (χ1) is 6.57. The number of aryl methyl sites for hydroxylation is 1. The Morgan fingerprint density at radius 2 is 2.07 bits per heavy atom. The molecule has 0 unspecified atom stereocenters. The molecule has 0 spiro atoms. The number of rotatable bonds is 3. The zero-order valence-corrected chi connectivity index (χ0v) is 9.61. The first-order valence-electron chi connectivity index (χ1n) is 4.75.